The SMILES string of the molecule is CN(C)C(=O)Oc1ccc2c(c1)OC(=O)N(Cc1cccc(NC(=O)OCc3ccccc3)c1F)C21CN(C(=O)OC(C)(C)C)C1. The predicted octanol–water partition coefficient (Wildman–Crippen LogP) is 6.10. The topological polar surface area (TPSA) is 127 Å². The summed E-state index contributed by atoms with van der Waals surface area (Å²) in [5.41, 5.74) is -0.594. The Hall–Kier alpha value is -5.33. The van der Waals surface area contributed by atoms with Gasteiger partial charge in [-0.1, -0.05) is 42.5 Å². The van der Waals surface area contributed by atoms with Crippen LogP contribution in [0.25, 0.3) is 0 Å². The van der Waals surface area contributed by atoms with Crippen LogP contribution in [0.1, 0.15) is 37.5 Å². The molecular formula is C33H35FN4O8. The monoisotopic (exact) mass is 634 g/mol. The van der Waals surface area contributed by atoms with Gasteiger partial charge in [0.2, 0.25) is 0 Å². The van der Waals surface area contributed by atoms with Gasteiger partial charge in [0.05, 0.1) is 25.3 Å². The molecule has 2 aliphatic heterocycles. The summed E-state index contributed by atoms with van der Waals surface area (Å²) >= 11 is 0. The summed E-state index contributed by atoms with van der Waals surface area (Å²) in [5, 5.41) is 2.42. The van der Waals surface area contributed by atoms with E-state index in [1.807, 2.05) is 18.2 Å². The van der Waals surface area contributed by atoms with E-state index < -0.39 is 41.3 Å². The first-order chi connectivity index (χ1) is 21.8. The fraction of sp³-hybridized carbons (Fsp3) is 0.333. The number of anilines is 1. The highest BCUT2D eigenvalue weighted by Crippen LogP contribution is 2.48. The molecule has 0 bridgehead atoms. The summed E-state index contributed by atoms with van der Waals surface area (Å²) < 4.78 is 37.5. The normalized spacial score (nSPS) is 14.9. The quantitative estimate of drug-likeness (QED) is 0.345. The third-order valence-electron chi connectivity index (χ3n) is 7.37. The van der Waals surface area contributed by atoms with Crippen LogP contribution in [0.2, 0.25) is 0 Å². The Bertz CT molecular complexity index is 1650. The van der Waals surface area contributed by atoms with Crippen molar-refractivity contribution in [3.8, 4) is 11.5 Å². The number of hydrogen-bond acceptors (Lipinski definition) is 8. The van der Waals surface area contributed by atoms with Gasteiger partial charge in [0.25, 0.3) is 0 Å². The van der Waals surface area contributed by atoms with Crippen LogP contribution in [0.15, 0.2) is 66.7 Å². The zero-order valence-corrected chi connectivity index (χ0v) is 26.2. The van der Waals surface area contributed by atoms with Crippen LogP contribution >= 0.6 is 0 Å². The van der Waals surface area contributed by atoms with Gasteiger partial charge in [0, 0.05) is 31.3 Å². The summed E-state index contributed by atoms with van der Waals surface area (Å²) in [6.07, 6.45) is -2.83. The van der Waals surface area contributed by atoms with Crippen molar-refractivity contribution in [2.24, 2.45) is 0 Å². The number of rotatable bonds is 6. The van der Waals surface area contributed by atoms with Crippen LogP contribution < -0.4 is 14.8 Å². The van der Waals surface area contributed by atoms with Crippen molar-refractivity contribution >= 4 is 30.1 Å². The molecule has 3 aromatic carbocycles. The molecule has 12 nitrogen and oxygen atoms in total. The lowest BCUT2D eigenvalue weighted by molar-refractivity contribution is -0.0688. The van der Waals surface area contributed by atoms with Crippen molar-refractivity contribution in [2.45, 2.75) is 45.1 Å². The summed E-state index contributed by atoms with van der Waals surface area (Å²) in [4.78, 5) is 55.1. The number of fused-ring (bicyclic) bond motifs is 2. The van der Waals surface area contributed by atoms with Crippen molar-refractivity contribution in [1.29, 1.82) is 0 Å². The first-order valence-corrected chi connectivity index (χ1v) is 14.5. The maximum Gasteiger partial charge on any atom is 0.416 e. The highest BCUT2D eigenvalue weighted by atomic mass is 19.1. The lowest BCUT2D eigenvalue weighted by Crippen LogP contribution is -2.71. The van der Waals surface area contributed by atoms with Gasteiger partial charge in [0.15, 0.2) is 5.82 Å². The molecule has 0 atom stereocenters. The van der Waals surface area contributed by atoms with E-state index in [4.69, 9.17) is 18.9 Å². The third-order valence-corrected chi connectivity index (χ3v) is 7.37. The molecule has 2 aliphatic rings. The zero-order valence-electron chi connectivity index (χ0n) is 26.2. The molecule has 0 saturated carbocycles. The highest BCUT2D eigenvalue weighted by molar-refractivity contribution is 5.85. The molecule has 1 spiro atoms. The number of likely N-dealkylation sites (tertiary alicyclic amines) is 1. The molecule has 0 aromatic heterocycles. The molecule has 46 heavy (non-hydrogen) atoms. The molecule has 1 fully saturated rings. The van der Waals surface area contributed by atoms with E-state index in [2.05, 4.69) is 5.32 Å². The van der Waals surface area contributed by atoms with Gasteiger partial charge >= 0.3 is 24.4 Å². The third kappa shape index (κ3) is 6.82. The second kappa shape index (κ2) is 12.6. The van der Waals surface area contributed by atoms with Crippen LogP contribution in [0, 0.1) is 5.82 Å². The maximum absolute atomic E-state index is 15.8. The van der Waals surface area contributed by atoms with E-state index in [1.54, 1.807) is 51.1 Å². The number of nitrogens with zero attached hydrogens (tertiary/aromatic N) is 3. The smallest absolute Gasteiger partial charge is 0.416 e. The summed E-state index contributed by atoms with van der Waals surface area (Å²) in [6.45, 7) is 5.06. The molecule has 242 valence electrons. The fourth-order valence-electron chi connectivity index (χ4n) is 5.13. The van der Waals surface area contributed by atoms with Crippen molar-refractivity contribution in [3.63, 3.8) is 0 Å². The summed E-state index contributed by atoms with van der Waals surface area (Å²) in [6, 6.07) is 18.1. The molecule has 0 unspecified atom stereocenters. The van der Waals surface area contributed by atoms with Gasteiger partial charge in [-0.15, -0.1) is 0 Å². The Kier molecular flexibility index (Phi) is 8.77. The maximum atomic E-state index is 15.8. The highest BCUT2D eigenvalue weighted by Gasteiger charge is 2.57. The minimum atomic E-state index is -1.11. The number of carbonyl (C=O) groups excluding carboxylic acids is 4. The molecular weight excluding hydrogens is 599 g/mol. The second-order valence-corrected chi connectivity index (χ2v) is 12.2. The van der Waals surface area contributed by atoms with E-state index >= 15 is 4.39 Å². The minimum absolute atomic E-state index is 0.000260. The standard InChI is InChI=1S/C33H35FN4O8/c1-32(2,3)46-30(41)37-19-33(20-37)24-15-14-23(44-29(40)36(4)5)16-26(24)45-31(42)38(33)17-22-12-9-13-25(27(22)34)35-28(39)43-18-21-10-7-6-8-11-21/h6-16H,17-20H2,1-5H3,(H,35,39). The van der Waals surface area contributed by atoms with Gasteiger partial charge in [-0.25, -0.2) is 23.6 Å². The van der Waals surface area contributed by atoms with E-state index in [9.17, 15) is 19.2 Å². The molecule has 4 amide bonds. The Morgan fingerprint density at radius 1 is 1.02 bits per heavy atom. The van der Waals surface area contributed by atoms with E-state index in [0.717, 1.165) is 5.56 Å². The van der Waals surface area contributed by atoms with Gasteiger partial charge in [-0.3, -0.25) is 10.2 Å². The average molecular weight is 635 g/mol. The van der Waals surface area contributed by atoms with Gasteiger partial charge in [-0.05, 0) is 44.5 Å². The van der Waals surface area contributed by atoms with E-state index in [-0.39, 0.29) is 49.0 Å². The van der Waals surface area contributed by atoms with Gasteiger partial charge in [0.1, 0.15) is 29.2 Å². The van der Waals surface area contributed by atoms with Crippen molar-refractivity contribution in [2.75, 3.05) is 32.5 Å². The number of ether oxygens (including phenoxy) is 4. The molecule has 13 heteroatoms. The van der Waals surface area contributed by atoms with Crippen molar-refractivity contribution < 1.29 is 42.5 Å². The molecule has 2 heterocycles. The van der Waals surface area contributed by atoms with Crippen LogP contribution in [-0.2, 0) is 28.2 Å². The van der Waals surface area contributed by atoms with Crippen LogP contribution in [0.3, 0.4) is 0 Å². The largest absolute Gasteiger partial charge is 0.444 e. The summed E-state index contributed by atoms with van der Waals surface area (Å²) in [5.74, 6) is -0.463. The Morgan fingerprint density at radius 2 is 1.74 bits per heavy atom. The number of halogens is 1. The number of amides is 4. The lowest BCUT2D eigenvalue weighted by atomic mass is 9.79. The Balaban J connectivity index is 1.40. The summed E-state index contributed by atoms with van der Waals surface area (Å²) in [7, 11) is 3.06. The van der Waals surface area contributed by atoms with Crippen LogP contribution in [-0.4, -0.2) is 71.9 Å². The van der Waals surface area contributed by atoms with Crippen LogP contribution in [0.4, 0.5) is 29.3 Å². The Labute approximate surface area is 265 Å². The molecule has 1 N–H and O–H groups in total. The van der Waals surface area contributed by atoms with Crippen molar-refractivity contribution in [3.05, 3.63) is 89.2 Å². The Morgan fingerprint density at radius 3 is 2.41 bits per heavy atom. The number of hydrogen-bond donors (Lipinski definition) is 1. The minimum Gasteiger partial charge on any atom is -0.444 e. The fourth-order valence-corrected chi connectivity index (χ4v) is 5.13. The molecule has 0 radical (unpaired) electrons. The predicted molar refractivity (Wildman–Crippen MR) is 164 cm³/mol. The van der Waals surface area contributed by atoms with E-state index in [0.29, 0.717) is 5.56 Å². The number of benzene rings is 3. The molecule has 1 saturated heterocycles. The molecule has 3 aromatic rings. The second-order valence-electron chi connectivity index (χ2n) is 12.2. The van der Waals surface area contributed by atoms with Crippen molar-refractivity contribution in [1.82, 2.24) is 14.7 Å². The van der Waals surface area contributed by atoms with Gasteiger partial charge < -0.3 is 28.7 Å². The lowest BCUT2D eigenvalue weighted by Gasteiger charge is -2.56. The van der Waals surface area contributed by atoms with Crippen LogP contribution in [0.5, 0.6) is 11.5 Å². The number of nitrogens with one attached hydrogen (secondary N) is 1. The average Bonchev–Trinajstić information content (AvgIpc) is 2.96. The molecule has 0 aliphatic carbocycles. The number of carbonyl (C=O) groups is 4. The first-order valence-electron chi connectivity index (χ1n) is 14.5. The first kappa shape index (κ1) is 32.1. The molecule has 5 rings (SSSR count). The zero-order chi connectivity index (χ0) is 33.2. The van der Waals surface area contributed by atoms with E-state index in [1.165, 1.54) is 47.0 Å². The van der Waals surface area contributed by atoms with Gasteiger partial charge in [-0.2, -0.15) is 0 Å².